The first-order valence-corrected chi connectivity index (χ1v) is 11.5. The fourth-order valence-corrected chi connectivity index (χ4v) is 4.24. The van der Waals surface area contributed by atoms with E-state index in [1.54, 1.807) is 10.8 Å². The Hall–Kier alpha value is -3.00. The molecule has 1 saturated heterocycles. The number of hydrogen-bond donors (Lipinski definition) is 2. The van der Waals surface area contributed by atoms with Crippen molar-refractivity contribution in [1.82, 2.24) is 19.3 Å². The number of rotatable bonds is 8. The van der Waals surface area contributed by atoms with Crippen LogP contribution in [-0.4, -0.2) is 39.1 Å². The molecule has 2 N–H and O–H groups in total. The second kappa shape index (κ2) is 9.65. The van der Waals surface area contributed by atoms with Gasteiger partial charge in [0.2, 0.25) is 0 Å². The van der Waals surface area contributed by atoms with E-state index in [1.807, 2.05) is 19.1 Å². The maximum absolute atomic E-state index is 13.3. The Morgan fingerprint density at radius 1 is 1.31 bits per heavy atom. The average molecular weight is 438 g/mol. The summed E-state index contributed by atoms with van der Waals surface area (Å²) in [6, 6.07) is 5.24. The number of aromatic nitrogens is 3. The monoisotopic (exact) mass is 437 g/mol. The second-order valence-corrected chi connectivity index (χ2v) is 8.55. The van der Waals surface area contributed by atoms with Crippen molar-refractivity contribution in [3.05, 3.63) is 51.4 Å². The van der Waals surface area contributed by atoms with Crippen LogP contribution in [0.5, 0.6) is 0 Å². The number of amides is 1. The molecule has 3 aromatic rings. The summed E-state index contributed by atoms with van der Waals surface area (Å²) in [4.78, 5) is 31.0. The van der Waals surface area contributed by atoms with Gasteiger partial charge in [0.25, 0.3) is 11.5 Å². The van der Waals surface area contributed by atoms with Crippen molar-refractivity contribution in [2.24, 2.45) is 0 Å². The summed E-state index contributed by atoms with van der Waals surface area (Å²) in [6.07, 6.45) is 7.75. The molecule has 32 heavy (non-hydrogen) atoms. The number of unbranched alkanes of at least 4 members (excludes halogenated alkanes) is 3. The van der Waals surface area contributed by atoms with E-state index in [-0.39, 0.29) is 28.6 Å². The molecule has 1 fully saturated rings. The predicted molar refractivity (Wildman–Crippen MR) is 123 cm³/mol. The summed E-state index contributed by atoms with van der Waals surface area (Å²) in [6.45, 7) is 5.72. The van der Waals surface area contributed by atoms with Crippen LogP contribution in [0.3, 0.4) is 0 Å². The first-order valence-electron chi connectivity index (χ1n) is 11.5. The van der Waals surface area contributed by atoms with E-state index < -0.39 is 0 Å². The van der Waals surface area contributed by atoms with E-state index in [9.17, 15) is 9.59 Å². The highest BCUT2D eigenvalue weighted by Gasteiger charge is 2.20. The molecule has 1 aliphatic heterocycles. The van der Waals surface area contributed by atoms with Gasteiger partial charge in [-0.05, 0) is 43.9 Å². The molecule has 0 radical (unpaired) electrons. The lowest BCUT2D eigenvalue weighted by Gasteiger charge is -2.16. The maximum atomic E-state index is 13.3. The molecule has 4 heterocycles. The van der Waals surface area contributed by atoms with Crippen molar-refractivity contribution in [3.63, 3.8) is 0 Å². The highest BCUT2D eigenvalue weighted by molar-refractivity contribution is 5.96. The number of nitrogens with zero attached hydrogens (tertiary/aromatic N) is 3. The zero-order valence-corrected chi connectivity index (χ0v) is 18.8. The van der Waals surface area contributed by atoms with Crippen LogP contribution in [0.1, 0.15) is 61.4 Å². The van der Waals surface area contributed by atoms with Crippen molar-refractivity contribution in [2.45, 2.75) is 65.0 Å². The van der Waals surface area contributed by atoms with Crippen LogP contribution in [0.25, 0.3) is 16.7 Å². The minimum atomic E-state index is -0.358. The topological polar surface area (TPSA) is 101 Å². The fourth-order valence-electron chi connectivity index (χ4n) is 4.24. The number of nitrogens with one attached hydrogen (secondary N) is 2. The highest BCUT2D eigenvalue weighted by Crippen LogP contribution is 2.14. The maximum Gasteiger partial charge on any atom is 0.267 e. The third kappa shape index (κ3) is 4.46. The number of carbonyl (C=O) groups is 1. The van der Waals surface area contributed by atoms with E-state index in [1.165, 1.54) is 10.5 Å². The van der Waals surface area contributed by atoms with Crippen molar-refractivity contribution in [1.29, 1.82) is 5.41 Å². The Morgan fingerprint density at radius 3 is 2.91 bits per heavy atom. The lowest BCUT2D eigenvalue weighted by molar-refractivity contribution is 0.0855. The van der Waals surface area contributed by atoms with Gasteiger partial charge in [-0.15, -0.1) is 0 Å². The van der Waals surface area contributed by atoms with Gasteiger partial charge in [0.05, 0.1) is 17.1 Å². The number of hydrogen-bond acceptors (Lipinski definition) is 5. The first kappa shape index (κ1) is 22.2. The van der Waals surface area contributed by atoms with Gasteiger partial charge in [-0.3, -0.25) is 19.4 Å². The molecule has 1 aliphatic rings. The van der Waals surface area contributed by atoms with Crippen LogP contribution in [-0.2, 0) is 11.3 Å². The molecule has 1 atom stereocenters. The normalized spacial score (nSPS) is 16.1. The van der Waals surface area contributed by atoms with Crippen LogP contribution in [0.4, 0.5) is 0 Å². The summed E-state index contributed by atoms with van der Waals surface area (Å²) in [5, 5.41) is 12.0. The molecule has 8 heteroatoms. The van der Waals surface area contributed by atoms with Gasteiger partial charge >= 0.3 is 0 Å². The smallest absolute Gasteiger partial charge is 0.267 e. The molecule has 1 unspecified atom stereocenters. The standard InChI is InChI=1S/C24H31N5O3/c1-3-4-5-6-11-28-21(25)18(23(30)26-14-17-8-7-12-32-17)13-19-22(28)27-20-10-9-16(2)15-29(20)24(19)31/h9-10,13,15,17,25H,3-8,11-12,14H2,1-2H3,(H,26,30). The molecule has 170 valence electrons. The Labute approximate surface area is 186 Å². The van der Waals surface area contributed by atoms with E-state index in [4.69, 9.17) is 15.1 Å². The van der Waals surface area contributed by atoms with E-state index in [0.29, 0.717) is 36.4 Å². The van der Waals surface area contributed by atoms with Crippen molar-refractivity contribution < 1.29 is 9.53 Å². The molecule has 0 spiro atoms. The molecule has 4 rings (SSSR count). The second-order valence-electron chi connectivity index (χ2n) is 8.55. The zero-order chi connectivity index (χ0) is 22.7. The summed E-state index contributed by atoms with van der Waals surface area (Å²) in [5.74, 6) is -0.358. The number of carbonyl (C=O) groups excluding carboxylic acids is 1. The minimum Gasteiger partial charge on any atom is -0.376 e. The Bertz CT molecular complexity index is 1250. The summed E-state index contributed by atoms with van der Waals surface area (Å²) < 4.78 is 8.81. The largest absolute Gasteiger partial charge is 0.376 e. The van der Waals surface area contributed by atoms with Gasteiger partial charge < -0.3 is 14.6 Å². The number of aryl methyl sites for hydroxylation is 2. The van der Waals surface area contributed by atoms with Gasteiger partial charge in [0.15, 0.2) is 0 Å². The summed E-state index contributed by atoms with van der Waals surface area (Å²) in [7, 11) is 0. The molecule has 3 aromatic heterocycles. The minimum absolute atomic E-state index is 0.00830. The third-order valence-electron chi connectivity index (χ3n) is 6.05. The van der Waals surface area contributed by atoms with Crippen LogP contribution in [0, 0.1) is 12.3 Å². The Balaban J connectivity index is 1.80. The van der Waals surface area contributed by atoms with Gasteiger partial charge in [0, 0.05) is 25.9 Å². The lowest BCUT2D eigenvalue weighted by Crippen LogP contribution is -2.37. The van der Waals surface area contributed by atoms with Crippen LogP contribution in [0.15, 0.2) is 29.2 Å². The lowest BCUT2D eigenvalue weighted by atomic mass is 10.1. The molecule has 0 saturated carbocycles. The van der Waals surface area contributed by atoms with Gasteiger partial charge in [0.1, 0.15) is 16.8 Å². The van der Waals surface area contributed by atoms with Gasteiger partial charge in [-0.2, -0.15) is 0 Å². The number of fused-ring (bicyclic) bond motifs is 2. The quantitative estimate of drug-likeness (QED) is 0.418. The van der Waals surface area contributed by atoms with E-state index in [0.717, 1.165) is 44.1 Å². The SMILES string of the molecule is CCCCCCn1c(=N)c(C(=O)NCC2CCCO2)cc2c(=O)n3cc(C)ccc3nc21. The molecule has 8 nitrogen and oxygen atoms in total. The fraction of sp³-hybridized carbons (Fsp3) is 0.500. The molecular formula is C24H31N5O3. The summed E-state index contributed by atoms with van der Waals surface area (Å²) >= 11 is 0. The highest BCUT2D eigenvalue weighted by atomic mass is 16.5. The van der Waals surface area contributed by atoms with Crippen molar-refractivity contribution >= 4 is 22.6 Å². The third-order valence-corrected chi connectivity index (χ3v) is 6.05. The van der Waals surface area contributed by atoms with Gasteiger partial charge in [-0.25, -0.2) is 4.98 Å². The van der Waals surface area contributed by atoms with E-state index >= 15 is 0 Å². The molecular weight excluding hydrogens is 406 g/mol. The van der Waals surface area contributed by atoms with Crippen LogP contribution in [0.2, 0.25) is 0 Å². The van der Waals surface area contributed by atoms with E-state index in [2.05, 4.69) is 12.2 Å². The predicted octanol–water partition coefficient (Wildman–Crippen LogP) is 2.93. The van der Waals surface area contributed by atoms with Crippen LogP contribution >= 0.6 is 0 Å². The molecule has 1 amide bonds. The van der Waals surface area contributed by atoms with Crippen molar-refractivity contribution in [2.75, 3.05) is 13.2 Å². The van der Waals surface area contributed by atoms with Crippen LogP contribution < -0.4 is 16.4 Å². The van der Waals surface area contributed by atoms with Gasteiger partial charge in [-0.1, -0.05) is 32.3 Å². The van der Waals surface area contributed by atoms with Crippen molar-refractivity contribution in [3.8, 4) is 0 Å². The zero-order valence-electron chi connectivity index (χ0n) is 18.8. The number of ether oxygens (including phenoxy) is 1. The Kier molecular flexibility index (Phi) is 6.69. The summed E-state index contributed by atoms with van der Waals surface area (Å²) in [5.41, 5.74) is 1.98. The first-order chi connectivity index (χ1) is 15.5. The number of pyridine rings is 2. The molecule has 0 aliphatic carbocycles. The average Bonchev–Trinajstić information content (AvgIpc) is 3.30. The Morgan fingerprint density at radius 2 is 2.16 bits per heavy atom. The molecule has 0 aromatic carbocycles. The molecule has 0 bridgehead atoms.